The molecule has 0 spiro atoms. The van der Waals surface area contributed by atoms with Gasteiger partial charge in [0.15, 0.2) is 0 Å². The van der Waals surface area contributed by atoms with E-state index < -0.39 is 0 Å². The molecule has 3 heteroatoms. The zero-order valence-electron chi connectivity index (χ0n) is 23.2. The number of aryl methyl sites for hydroxylation is 3. The third-order valence-corrected chi connectivity index (χ3v) is 10.5. The zero-order chi connectivity index (χ0) is 26.0. The van der Waals surface area contributed by atoms with E-state index in [1.165, 1.54) is 87.2 Å². The normalized spacial score (nSPS) is 24.1. The van der Waals surface area contributed by atoms with Crippen molar-refractivity contribution in [3.8, 4) is 0 Å². The molecule has 38 heavy (non-hydrogen) atoms. The van der Waals surface area contributed by atoms with Crippen LogP contribution in [0.15, 0.2) is 72.8 Å². The summed E-state index contributed by atoms with van der Waals surface area (Å²) in [6.07, 6.45) is 5.13. The SMILES string of the molecule is Cc1cccc(N2c3cc(C)ccc3B3c4cc(C)cc5c4N(c4cccc2c43)C2(C)CCCCC52C)c1. The van der Waals surface area contributed by atoms with Crippen molar-refractivity contribution >= 4 is 51.5 Å². The van der Waals surface area contributed by atoms with E-state index in [0.29, 0.717) is 0 Å². The quantitative estimate of drug-likeness (QED) is 0.232. The highest BCUT2D eigenvalue weighted by Crippen LogP contribution is 2.61. The number of hydrogen-bond donors (Lipinski definition) is 0. The first-order valence-corrected chi connectivity index (χ1v) is 14.4. The molecule has 8 rings (SSSR count). The van der Waals surface area contributed by atoms with Crippen LogP contribution in [-0.4, -0.2) is 12.3 Å². The van der Waals surface area contributed by atoms with E-state index in [2.05, 4.69) is 117 Å². The molecule has 1 aliphatic carbocycles. The summed E-state index contributed by atoms with van der Waals surface area (Å²) >= 11 is 0. The second-order valence-electron chi connectivity index (χ2n) is 12.8. The van der Waals surface area contributed by atoms with E-state index in [0.717, 1.165) is 0 Å². The van der Waals surface area contributed by atoms with E-state index in [1.54, 1.807) is 5.56 Å². The van der Waals surface area contributed by atoms with Gasteiger partial charge in [0.2, 0.25) is 0 Å². The fraction of sp³-hybridized carbons (Fsp3) is 0.314. The van der Waals surface area contributed by atoms with Crippen LogP contribution in [-0.2, 0) is 5.41 Å². The van der Waals surface area contributed by atoms with Gasteiger partial charge in [-0.15, -0.1) is 0 Å². The van der Waals surface area contributed by atoms with Gasteiger partial charge >= 0.3 is 0 Å². The molecule has 0 radical (unpaired) electrons. The molecule has 0 amide bonds. The molecular weight excluding hydrogens is 459 g/mol. The summed E-state index contributed by atoms with van der Waals surface area (Å²) in [5, 5.41) is 0. The summed E-state index contributed by atoms with van der Waals surface area (Å²) in [5.74, 6) is 0. The summed E-state index contributed by atoms with van der Waals surface area (Å²) in [7, 11) is 0. The van der Waals surface area contributed by atoms with Gasteiger partial charge in [-0.2, -0.15) is 0 Å². The number of nitrogens with zero attached hydrogens (tertiary/aromatic N) is 2. The maximum Gasteiger partial charge on any atom is 0.252 e. The van der Waals surface area contributed by atoms with E-state index in [4.69, 9.17) is 0 Å². The zero-order valence-corrected chi connectivity index (χ0v) is 23.2. The van der Waals surface area contributed by atoms with Gasteiger partial charge in [-0.1, -0.05) is 67.8 Å². The third-order valence-electron chi connectivity index (χ3n) is 10.5. The maximum absolute atomic E-state index is 2.80. The van der Waals surface area contributed by atoms with Gasteiger partial charge in [0, 0.05) is 33.9 Å². The molecule has 3 aliphatic heterocycles. The van der Waals surface area contributed by atoms with Crippen molar-refractivity contribution in [3.05, 3.63) is 95.1 Å². The summed E-state index contributed by atoms with van der Waals surface area (Å²) in [5.41, 5.74) is 17.0. The summed E-state index contributed by atoms with van der Waals surface area (Å²) in [6, 6.07) is 28.2. The van der Waals surface area contributed by atoms with E-state index in [9.17, 15) is 0 Å². The first-order chi connectivity index (χ1) is 18.3. The Bertz CT molecular complexity index is 1670. The summed E-state index contributed by atoms with van der Waals surface area (Å²) in [4.78, 5) is 5.34. The Kier molecular flexibility index (Phi) is 4.35. The number of anilines is 5. The Morgan fingerprint density at radius 3 is 2.29 bits per heavy atom. The highest BCUT2D eigenvalue weighted by atomic mass is 15.3. The van der Waals surface area contributed by atoms with Crippen molar-refractivity contribution in [1.82, 2.24) is 0 Å². The topological polar surface area (TPSA) is 6.48 Å². The Balaban J connectivity index is 1.50. The van der Waals surface area contributed by atoms with Gasteiger partial charge in [0.1, 0.15) is 0 Å². The average Bonchev–Trinajstić information content (AvgIpc) is 3.10. The van der Waals surface area contributed by atoms with E-state index in [-0.39, 0.29) is 17.7 Å². The van der Waals surface area contributed by atoms with Crippen LogP contribution in [0.2, 0.25) is 0 Å². The average molecular weight is 494 g/mol. The minimum Gasteiger partial charge on any atom is -0.335 e. The molecule has 2 atom stereocenters. The Hall–Kier alpha value is -3.46. The van der Waals surface area contributed by atoms with Gasteiger partial charge in [0.05, 0.1) is 5.54 Å². The highest BCUT2D eigenvalue weighted by molar-refractivity contribution is 7.00. The number of rotatable bonds is 1. The van der Waals surface area contributed by atoms with Crippen molar-refractivity contribution in [2.75, 3.05) is 9.80 Å². The van der Waals surface area contributed by atoms with Crippen LogP contribution >= 0.6 is 0 Å². The van der Waals surface area contributed by atoms with Crippen LogP contribution < -0.4 is 26.2 Å². The number of benzene rings is 4. The Labute approximate surface area is 227 Å². The monoisotopic (exact) mass is 494 g/mol. The predicted molar refractivity (Wildman–Crippen MR) is 163 cm³/mol. The Morgan fingerprint density at radius 1 is 0.684 bits per heavy atom. The molecule has 3 heterocycles. The minimum absolute atomic E-state index is 0.0813. The van der Waals surface area contributed by atoms with Crippen LogP contribution in [0.3, 0.4) is 0 Å². The lowest BCUT2D eigenvalue weighted by Gasteiger charge is -2.52. The van der Waals surface area contributed by atoms with Gasteiger partial charge in [-0.25, -0.2) is 0 Å². The lowest BCUT2D eigenvalue weighted by atomic mass is 9.33. The fourth-order valence-corrected chi connectivity index (χ4v) is 8.58. The number of hydrogen-bond acceptors (Lipinski definition) is 2. The fourth-order valence-electron chi connectivity index (χ4n) is 8.58. The lowest BCUT2D eigenvalue weighted by molar-refractivity contribution is 0.195. The molecule has 188 valence electrons. The molecule has 4 aromatic carbocycles. The smallest absolute Gasteiger partial charge is 0.252 e. The Morgan fingerprint density at radius 2 is 1.45 bits per heavy atom. The molecular formula is C35H35BN2. The molecule has 2 nitrogen and oxygen atoms in total. The van der Waals surface area contributed by atoms with Gasteiger partial charge in [0.25, 0.3) is 6.71 Å². The van der Waals surface area contributed by atoms with E-state index in [1.807, 2.05) is 0 Å². The lowest BCUT2D eigenvalue weighted by Crippen LogP contribution is -2.64. The maximum atomic E-state index is 2.80. The summed E-state index contributed by atoms with van der Waals surface area (Å²) in [6.45, 7) is 12.1. The van der Waals surface area contributed by atoms with Gasteiger partial charge in [-0.05, 0) is 104 Å². The molecule has 0 bridgehead atoms. The van der Waals surface area contributed by atoms with Crippen molar-refractivity contribution in [2.45, 2.75) is 71.3 Å². The second kappa shape index (κ2) is 7.35. The van der Waals surface area contributed by atoms with Crippen molar-refractivity contribution in [1.29, 1.82) is 0 Å². The first-order valence-electron chi connectivity index (χ1n) is 14.4. The molecule has 1 saturated carbocycles. The third kappa shape index (κ3) is 2.60. The largest absolute Gasteiger partial charge is 0.335 e. The van der Waals surface area contributed by atoms with Crippen LogP contribution in [0, 0.1) is 20.8 Å². The molecule has 1 fully saturated rings. The molecule has 2 unspecified atom stereocenters. The minimum atomic E-state index is 0.0813. The van der Waals surface area contributed by atoms with Crippen LogP contribution in [0.5, 0.6) is 0 Å². The number of fused-ring (bicyclic) bond motifs is 7. The van der Waals surface area contributed by atoms with Gasteiger partial charge < -0.3 is 9.80 Å². The van der Waals surface area contributed by atoms with Crippen LogP contribution in [0.25, 0.3) is 0 Å². The highest BCUT2D eigenvalue weighted by Gasteiger charge is 2.61. The molecule has 0 N–H and O–H groups in total. The molecule has 0 aromatic heterocycles. The van der Waals surface area contributed by atoms with Gasteiger partial charge in [-0.3, -0.25) is 0 Å². The first kappa shape index (κ1) is 22.5. The van der Waals surface area contributed by atoms with Crippen LogP contribution in [0.4, 0.5) is 28.4 Å². The standard InChI is InChI=1S/C35H35BN2/c1-22-10-8-11-25(18-22)37-29-12-9-13-30-32(29)36(27-15-14-23(2)21-31(27)37)28-20-24(3)19-26-33(28)38(30)35(5)17-7-6-16-34(26,35)4/h8-15,18-21H,6-7,16-17H2,1-5H3. The van der Waals surface area contributed by atoms with Crippen molar-refractivity contribution in [2.24, 2.45) is 0 Å². The molecule has 4 aliphatic rings. The van der Waals surface area contributed by atoms with Crippen LogP contribution in [0.1, 0.15) is 61.8 Å². The van der Waals surface area contributed by atoms with Crippen molar-refractivity contribution in [3.63, 3.8) is 0 Å². The van der Waals surface area contributed by atoms with E-state index >= 15 is 0 Å². The van der Waals surface area contributed by atoms with Crippen molar-refractivity contribution < 1.29 is 0 Å². The molecule has 4 aromatic rings. The predicted octanol–water partition coefficient (Wildman–Crippen LogP) is 6.97. The molecule has 0 saturated heterocycles. The summed E-state index contributed by atoms with van der Waals surface area (Å²) < 4.78 is 0. The second-order valence-corrected chi connectivity index (χ2v) is 12.8.